The maximum Gasteiger partial charge on any atom is 0.278 e. The predicted molar refractivity (Wildman–Crippen MR) is 99.6 cm³/mol. The molecule has 0 bridgehead atoms. The van der Waals surface area contributed by atoms with Crippen LogP contribution in [0.15, 0.2) is 62.9 Å². The van der Waals surface area contributed by atoms with Crippen LogP contribution >= 0.6 is 23.1 Å². The molecule has 1 aromatic carbocycles. The Bertz CT molecular complexity index is 1180. The molecule has 0 atom stereocenters. The lowest BCUT2D eigenvalue weighted by Gasteiger charge is -2.11. The molecule has 1 N–H and O–H groups in total. The number of halogens is 1. The number of nitrogens with zero attached hydrogens (tertiary/aromatic N) is 3. The molecule has 26 heavy (non-hydrogen) atoms. The van der Waals surface area contributed by atoms with Crippen molar-refractivity contribution < 1.29 is 4.39 Å². The van der Waals surface area contributed by atoms with Crippen molar-refractivity contribution in [1.29, 1.82) is 0 Å². The fourth-order valence-corrected chi connectivity index (χ4v) is 4.00. The highest BCUT2D eigenvalue weighted by molar-refractivity contribution is 7.98. The maximum absolute atomic E-state index is 13.1. The van der Waals surface area contributed by atoms with Gasteiger partial charge in [0.15, 0.2) is 10.8 Å². The first-order valence-corrected chi connectivity index (χ1v) is 9.41. The van der Waals surface area contributed by atoms with Gasteiger partial charge in [0, 0.05) is 18.0 Å². The molecule has 0 aliphatic heterocycles. The molecular formula is C17H11FN4O2S2. The van der Waals surface area contributed by atoms with Crippen molar-refractivity contribution in [2.75, 3.05) is 0 Å². The number of fused-ring (bicyclic) bond motifs is 1. The molecule has 0 unspecified atom stereocenters. The van der Waals surface area contributed by atoms with E-state index in [2.05, 4.69) is 15.0 Å². The van der Waals surface area contributed by atoms with E-state index in [1.54, 1.807) is 23.7 Å². The standard InChI is InChI=1S/C17H11FN4O2S2/c18-11-3-1-10(2-4-11)8-25-17-21-15-14(26-9-20-15)16(24)22(17)12-5-6-13(23)19-7-12/h1-7,9H,8H2,(H,19,23). The zero-order valence-electron chi connectivity index (χ0n) is 13.2. The van der Waals surface area contributed by atoms with Crippen LogP contribution in [0.25, 0.3) is 16.0 Å². The molecule has 0 radical (unpaired) electrons. The molecular weight excluding hydrogens is 375 g/mol. The van der Waals surface area contributed by atoms with Crippen LogP contribution in [0.4, 0.5) is 4.39 Å². The van der Waals surface area contributed by atoms with Gasteiger partial charge in [-0.25, -0.2) is 14.4 Å². The van der Waals surface area contributed by atoms with Gasteiger partial charge in [0.1, 0.15) is 10.5 Å². The Hall–Kier alpha value is -2.78. The van der Waals surface area contributed by atoms with Crippen LogP contribution < -0.4 is 11.1 Å². The smallest absolute Gasteiger partial charge is 0.278 e. The van der Waals surface area contributed by atoms with Crippen LogP contribution in [0, 0.1) is 5.82 Å². The van der Waals surface area contributed by atoms with Gasteiger partial charge in [-0.1, -0.05) is 23.9 Å². The SMILES string of the molecule is O=c1ccc(-n2c(SCc3ccc(F)cc3)nc3ncsc3c2=O)c[nH]1. The number of thioether (sulfide) groups is 1. The molecule has 9 heteroatoms. The van der Waals surface area contributed by atoms with E-state index in [9.17, 15) is 14.0 Å². The van der Waals surface area contributed by atoms with Gasteiger partial charge in [-0.05, 0) is 23.8 Å². The minimum atomic E-state index is -0.300. The third-order valence-corrected chi connectivity index (χ3v) is 5.46. The summed E-state index contributed by atoms with van der Waals surface area (Å²) in [6.45, 7) is 0. The van der Waals surface area contributed by atoms with Gasteiger partial charge >= 0.3 is 0 Å². The van der Waals surface area contributed by atoms with Gasteiger partial charge in [-0.2, -0.15) is 0 Å². The largest absolute Gasteiger partial charge is 0.327 e. The first kappa shape index (κ1) is 16.7. The van der Waals surface area contributed by atoms with Crippen molar-refractivity contribution >= 4 is 33.4 Å². The van der Waals surface area contributed by atoms with E-state index in [1.165, 1.54) is 52.1 Å². The number of H-pyrrole nitrogens is 1. The Morgan fingerprint density at radius 2 is 1.96 bits per heavy atom. The van der Waals surface area contributed by atoms with E-state index >= 15 is 0 Å². The fraction of sp³-hybridized carbons (Fsp3) is 0.0588. The minimum absolute atomic E-state index is 0.244. The second-order valence-corrected chi connectivity index (χ2v) is 7.16. The lowest BCUT2D eigenvalue weighted by molar-refractivity contribution is 0.627. The number of thiazole rings is 1. The summed E-state index contributed by atoms with van der Waals surface area (Å²) in [6.07, 6.45) is 1.47. The highest BCUT2D eigenvalue weighted by atomic mass is 32.2. The van der Waals surface area contributed by atoms with E-state index in [0.29, 0.717) is 26.9 Å². The Kier molecular flexibility index (Phi) is 4.39. The van der Waals surface area contributed by atoms with Gasteiger partial charge < -0.3 is 4.98 Å². The fourth-order valence-electron chi connectivity index (χ4n) is 2.39. The van der Waals surface area contributed by atoms with Gasteiger partial charge in [-0.15, -0.1) is 11.3 Å². The van der Waals surface area contributed by atoms with Gasteiger partial charge in [0.05, 0.1) is 11.2 Å². The van der Waals surface area contributed by atoms with Crippen molar-refractivity contribution in [3.63, 3.8) is 0 Å². The Morgan fingerprint density at radius 1 is 1.15 bits per heavy atom. The molecule has 0 fully saturated rings. The Morgan fingerprint density at radius 3 is 2.69 bits per heavy atom. The molecule has 0 amide bonds. The molecule has 3 aromatic heterocycles. The average molecular weight is 386 g/mol. The van der Waals surface area contributed by atoms with Crippen molar-refractivity contribution in [2.24, 2.45) is 0 Å². The number of hydrogen-bond donors (Lipinski definition) is 1. The second kappa shape index (κ2) is 6.85. The highest BCUT2D eigenvalue weighted by Gasteiger charge is 2.15. The summed E-state index contributed by atoms with van der Waals surface area (Å²) in [6, 6.07) is 9.08. The summed E-state index contributed by atoms with van der Waals surface area (Å²) in [4.78, 5) is 35.4. The Balaban J connectivity index is 1.80. The summed E-state index contributed by atoms with van der Waals surface area (Å²) >= 11 is 2.56. The van der Waals surface area contributed by atoms with Crippen LogP contribution in [0.2, 0.25) is 0 Å². The number of aromatic nitrogens is 4. The van der Waals surface area contributed by atoms with E-state index in [0.717, 1.165) is 5.56 Å². The van der Waals surface area contributed by atoms with Crippen LogP contribution in [0.3, 0.4) is 0 Å². The van der Waals surface area contributed by atoms with Gasteiger partial charge in [0.25, 0.3) is 5.56 Å². The quantitative estimate of drug-likeness (QED) is 0.431. The van der Waals surface area contributed by atoms with Crippen LogP contribution in [-0.2, 0) is 5.75 Å². The summed E-state index contributed by atoms with van der Waals surface area (Å²) in [5, 5.41) is 0.449. The van der Waals surface area contributed by atoms with E-state index in [1.807, 2.05) is 0 Å². The lowest BCUT2D eigenvalue weighted by Crippen LogP contribution is -2.22. The van der Waals surface area contributed by atoms with Crippen molar-refractivity contribution in [3.8, 4) is 5.69 Å². The first-order valence-electron chi connectivity index (χ1n) is 7.54. The summed E-state index contributed by atoms with van der Waals surface area (Å²) < 4.78 is 15.0. The summed E-state index contributed by atoms with van der Waals surface area (Å²) in [5.74, 6) is 0.206. The highest BCUT2D eigenvalue weighted by Crippen LogP contribution is 2.25. The molecule has 130 valence electrons. The van der Waals surface area contributed by atoms with Crippen LogP contribution in [-0.4, -0.2) is 19.5 Å². The normalized spacial score (nSPS) is 11.1. The number of aromatic amines is 1. The molecule has 0 spiro atoms. The Labute approximate surface area is 154 Å². The first-order chi connectivity index (χ1) is 12.6. The number of pyridine rings is 1. The van der Waals surface area contributed by atoms with E-state index < -0.39 is 0 Å². The molecule has 0 saturated heterocycles. The summed E-state index contributed by atoms with van der Waals surface area (Å²) in [7, 11) is 0. The third-order valence-electron chi connectivity index (χ3n) is 3.65. The van der Waals surface area contributed by atoms with Crippen LogP contribution in [0.1, 0.15) is 5.56 Å². The van der Waals surface area contributed by atoms with Crippen molar-refractivity contribution in [2.45, 2.75) is 10.9 Å². The molecule has 3 heterocycles. The summed E-state index contributed by atoms with van der Waals surface area (Å²) in [5.41, 5.74) is 2.88. The van der Waals surface area contributed by atoms with Gasteiger partial charge in [-0.3, -0.25) is 14.2 Å². The third kappa shape index (κ3) is 3.18. The maximum atomic E-state index is 13.1. The van der Waals surface area contributed by atoms with Gasteiger partial charge in [0.2, 0.25) is 5.56 Å². The molecule has 6 nitrogen and oxygen atoms in total. The predicted octanol–water partition coefficient (Wildman–Crippen LogP) is 2.96. The lowest BCUT2D eigenvalue weighted by atomic mass is 10.2. The molecule has 4 aromatic rings. The zero-order valence-corrected chi connectivity index (χ0v) is 14.8. The molecule has 0 aliphatic carbocycles. The molecule has 0 saturated carbocycles. The monoisotopic (exact) mass is 386 g/mol. The number of rotatable bonds is 4. The second-order valence-electron chi connectivity index (χ2n) is 5.37. The topological polar surface area (TPSA) is 80.6 Å². The average Bonchev–Trinajstić information content (AvgIpc) is 3.11. The van der Waals surface area contributed by atoms with E-state index in [-0.39, 0.29) is 16.9 Å². The van der Waals surface area contributed by atoms with Crippen LogP contribution in [0.5, 0.6) is 0 Å². The number of hydrogen-bond acceptors (Lipinski definition) is 6. The zero-order chi connectivity index (χ0) is 18.1. The number of benzene rings is 1. The van der Waals surface area contributed by atoms with Crippen molar-refractivity contribution in [3.05, 3.63) is 80.2 Å². The van der Waals surface area contributed by atoms with Crippen molar-refractivity contribution in [1.82, 2.24) is 19.5 Å². The number of nitrogens with one attached hydrogen (secondary N) is 1. The van der Waals surface area contributed by atoms with E-state index in [4.69, 9.17) is 0 Å². The minimum Gasteiger partial charge on any atom is -0.327 e. The molecule has 4 rings (SSSR count). The molecule has 0 aliphatic rings.